The van der Waals surface area contributed by atoms with Crippen LogP contribution >= 0.6 is 11.3 Å². The maximum absolute atomic E-state index is 13.6. The van der Waals surface area contributed by atoms with Crippen LogP contribution < -0.4 is 5.32 Å². The largest absolute Gasteiger partial charge is 0.351 e. The number of amides is 2. The van der Waals surface area contributed by atoms with Crippen LogP contribution in [0, 0.1) is 6.92 Å². The van der Waals surface area contributed by atoms with Crippen LogP contribution in [-0.2, 0) is 22.6 Å². The van der Waals surface area contributed by atoms with Gasteiger partial charge in [-0.15, -0.1) is 11.3 Å². The Morgan fingerprint density at radius 3 is 2.38 bits per heavy atom. The summed E-state index contributed by atoms with van der Waals surface area (Å²) in [4.78, 5) is 30.0. The predicted molar refractivity (Wildman–Crippen MR) is 129 cm³/mol. The van der Waals surface area contributed by atoms with Gasteiger partial charge in [0.25, 0.3) is 0 Å². The highest BCUT2D eigenvalue weighted by atomic mass is 32.1. The van der Waals surface area contributed by atoms with Crippen molar-refractivity contribution in [1.29, 1.82) is 0 Å². The molecule has 0 radical (unpaired) electrons. The van der Waals surface area contributed by atoms with Gasteiger partial charge in [0, 0.05) is 17.5 Å². The summed E-state index contributed by atoms with van der Waals surface area (Å²) >= 11 is 1.57. The summed E-state index contributed by atoms with van der Waals surface area (Å²) in [6.07, 6.45) is 4.60. The van der Waals surface area contributed by atoms with Crippen LogP contribution in [0.5, 0.6) is 0 Å². The molecule has 0 unspecified atom stereocenters. The van der Waals surface area contributed by atoms with E-state index in [2.05, 4.69) is 5.32 Å². The Morgan fingerprint density at radius 1 is 1.00 bits per heavy atom. The van der Waals surface area contributed by atoms with Crippen molar-refractivity contribution in [2.75, 3.05) is 0 Å². The van der Waals surface area contributed by atoms with E-state index in [1.807, 2.05) is 79.0 Å². The average molecular weight is 447 g/mol. The fraction of sp³-hybridized carbons (Fsp3) is 0.333. The first-order valence-corrected chi connectivity index (χ1v) is 12.2. The minimum atomic E-state index is -0.663. The molecule has 1 heterocycles. The molecule has 0 bridgehead atoms. The van der Waals surface area contributed by atoms with E-state index in [1.54, 1.807) is 16.2 Å². The number of thiophene rings is 1. The first-order chi connectivity index (χ1) is 15.6. The second-order valence-corrected chi connectivity index (χ2v) is 9.60. The zero-order valence-electron chi connectivity index (χ0n) is 18.5. The van der Waals surface area contributed by atoms with Crippen LogP contribution in [0.2, 0.25) is 0 Å². The van der Waals surface area contributed by atoms with Crippen molar-refractivity contribution in [3.05, 3.63) is 93.7 Å². The molecule has 4 rings (SSSR count). The highest BCUT2D eigenvalue weighted by Gasteiger charge is 2.33. The number of aryl methyl sites for hydroxylation is 1. The maximum atomic E-state index is 13.6. The average Bonchev–Trinajstić information content (AvgIpc) is 3.50. The summed E-state index contributed by atoms with van der Waals surface area (Å²) in [5.74, 6) is -0.125. The zero-order valence-corrected chi connectivity index (χ0v) is 19.3. The molecule has 1 aliphatic carbocycles. The number of hydrogen-bond acceptors (Lipinski definition) is 3. The van der Waals surface area contributed by atoms with Gasteiger partial charge in [-0.1, -0.05) is 79.1 Å². The van der Waals surface area contributed by atoms with Crippen molar-refractivity contribution in [1.82, 2.24) is 10.2 Å². The van der Waals surface area contributed by atoms with E-state index < -0.39 is 6.04 Å². The van der Waals surface area contributed by atoms with Crippen LogP contribution in [0.3, 0.4) is 0 Å². The molecular weight excluding hydrogens is 416 g/mol. The highest BCUT2D eigenvalue weighted by molar-refractivity contribution is 7.10. The Hall–Kier alpha value is -2.92. The summed E-state index contributed by atoms with van der Waals surface area (Å²) < 4.78 is 0. The molecular formula is C27H30N2O2S. The molecule has 4 nitrogen and oxygen atoms in total. The summed E-state index contributed by atoms with van der Waals surface area (Å²) in [5.41, 5.74) is 2.99. The first-order valence-electron chi connectivity index (χ1n) is 11.3. The van der Waals surface area contributed by atoms with Crippen LogP contribution in [-0.4, -0.2) is 22.8 Å². The second-order valence-electron chi connectivity index (χ2n) is 8.57. The quantitative estimate of drug-likeness (QED) is 0.502. The summed E-state index contributed by atoms with van der Waals surface area (Å²) in [7, 11) is 0. The van der Waals surface area contributed by atoms with E-state index in [0.717, 1.165) is 47.3 Å². The molecule has 1 aliphatic rings. The fourth-order valence-electron chi connectivity index (χ4n) is 4.34. The van der Waals surface area contributed by atoms with E-state index in [0.29, 0.717) is 13.0 Å². The molecule has 32 heavy (non-hydrogen) atoms. The molecule has 1 aromatic heterocycles. The SMILES string of the molecule is Cc1ccc([C@H](C(=O)NC2CCCC2)N(Cc2ccccc2)C(=O)Cc2cccs2)cc1. The van der Waals surface area contributed by atoms with Crippen molar-refractivity contribution in [2.24, 2.45) is 0 Å². The lowest BCUT2D eigenvalue weighted by Crippen LogP contribution is -2.46. The number of nitrogens with one attached hydrogen (secondary N) is 1. The lowest BCUT2D eigenvalue weighted by Gasteiger charge is -2.32. The van der Waals surface area contributed by atoms with Gasteiger partial charge in [-0.25, -0.2) is 0 Å². The number of nitrogens with zero attached hydrogens (tertiary/aromatic N) is 1. The van der Waals surface area contributed by atoms with Gasteiger partial charge in [0.15, 0.2) is 0 Å². The van der Waals surface area contributed by atoms with Crippen molar-refractivity contribution < 1.29 is 9.59 Å². The minimum Gasteiger partial charge on any atom is -0.351 e. The molecule has 1 saturated carbocycles. The standard InChI is InChI=1S/C27H30N2O2S/c1-20-13-15-22(16-14-20)26(27(31)28-23-10-5-6-11-23)29(19-21-8-3-2-4-9-21)25(30)18-24-12-7-17-32-24/h2-4,7-9,12-17,23,26H,5-6,10-11,18-19H2,1H3,(H,28,31)/t26-/m1/s1. The van der Waals surface area contributed by atoms with Crippen molar-refractivity contribution in [3.63, 3.8) is 0 Å². The summed E-state index contributed by atoms with van der Waals surface area (Å²) in [6.45, 7) is 2.42. The van der Waals surface area contributed by atoms with Gasteiger partial charge >= 0.3 is 0 Å². The molecule has 1 atom stereocenters. The van der Waals surface area contributed by atoms with Crippen molar-refractivity contribution in [2.45, 2.75) is 57.7 Å². The summed E-state index contributed by atoms with van der Waals surface area (Å²) in [5, 5.41) is 5.22. The van der Waals surface area contributed by atoms with Crippen molar-refractivity contribution >= 4 is 23.2 Å². The van der Waals surface area contributed by atoms with E-state index in [-0.39, 0.29) is 17.9 Å². The van der Waals surface area contributed by atoms with Crippen LogP contribution in [0.15, 0.2) is 72.1 Å². The lowest BCUT2D eigenvalue weighted by atomic mass is 10.0. The molecule has 1 N–H and O–H groups in total. The molecule has 166 valence electrons. The van der Waals surface area contributed by atoms with Crippen LogP contribution in [0.1, 0.15) is 53.3 Å². The van der Waals surface area contributed by atoms with E-state index in [9.17, 15) is 9.59 Å². The number of carbonyl (C=O) groups excluding carboxylic acids is 2. The Balaban J connectivity index is 1.68. The van der Waals surface area contributed by atoms with E-state index >= 15 is 0 Å². The monoisotopic (exact) mass is 446 g/mol. The topological polar surface area (TPSA) is 49.4 Å². The maximum Gasteiger partial charge on any atom is 0.247 e. The molecule has 0 saturated heterocycles. The van der Waals surface area contributed by atoms with Gasteiger partial charge in [0.2, 0.25) is 11.8 Å². The summed E-state index contributed by atoms with van der Waals surface area (Å²) in [6, 6.07) is 21.4. The Labute approximate surface area is 194 Å². The molecule has 3 aromatic rings. The Bertz CT molecular complexity index is 1010. The molecule has 0 spiro atoms. The normalized spacial score (nSPS) is 14.8. The Kier molecular flexibility index (Phi) is 7.38. The molecule has 2 aromatic carbocycles. The first kappa shape index (κ1) is 22.3. The van der Waals surface area contributed by atoms with Gasteiger partial charge in [-0.2, -0.15) is 0 Å². The molecule has 0 aliphatic heterocycles. The third-order valence-electron chi connectivity index (χ3n) is 6.08. The highest BCUT2D eigenvalue weighted by Crippen LogP contribution is 2.27. The van der Waals surface area contributed by atoms with Gasteiger partial charge < -0.3 is 10.2 Å². The fourth-order valence-corrected chi connectivity index (χ4v) is 5.04. The van der Waals surface area contributed by atoms with Gasteiger partial charge in [0.05, 0.1) is 6.42 Å². The Morgan fingerprint density at radius 2 is 1.72 bits per heavy atom. The van der Waals surface area contributed by atoms with Crippen LogP contribution in [0.25, 0.3) is 0 Å². The zero-order chi connectivity index (χ0) is 22.3. The minimum absolute atomic E-state index is 0.0385. The van der Waals surface area contributed by atoms with Gasteiger partial charge in [0.1, 0.15) is 6.04 Å². The predicted octanol–water partition coefficient (Wildman–Crippen LogP) is 5.43. The smallest absolute Gasteiger partial charge is 0.247 e. The van der Waals surface area contributed by atoms with E-state index in [4.69, 9.17) is 0 Å². The number of rotatable bonds is 8. The molecule has 5 heteroatoms. The molecule has 1 fully saturated rings. The third kappa shape index (κ3) is 5.65. The lowest BCUT2D eigenvalue weighted by molar-refractivity contribution is -0.141. The molecule has 2 amide bonds. The number of hydrogen-bond donors (Lipinski definition) is 1. The number of benzene rings is 2. The van der Waals surface area contributed by atoms with Gasteiger partial charge in [-0.05, 0) is 42.3 Å². The van der Waals surface area contributed by atoms with Crippen molar-refractivity contribution in [3.8, 4) is 0 Å². The second kappa shape index (κ2) is 10.6. The third-order valence-corrected chi connectivity index (χ3v) is 6.95. The number of carbonyl (C=O) groups is 2. The van der Waals surface area contributed by atoms with Gasteiger partial charge in [-0.3, -0.25) is 9.59 Å². The van der Waals surface area contributed by atoms with E-state index in [1.165, 1.54) is 0 Å². The van der Waals surface area contributed by atoms with Crippen LogP contribution in [0.4, 0.5) is 0 Å².